The largest absolute Gasteiger partial charge is 0.355 e. The molecule has 0 rings (SSSR count). The molecule has 3 N–H and O–H groups in total. The molecular formula is C19H41ClN2O. The van der Waals surface area contributed by atoms with Crippen LogP contribution in [0.5, 0.6) is 0 Å². The van der Waals surface area contributed by atoms with Gasteiger partial charge >= 0.3 is 0 Å². The second-order valence-corrected chi connectivity index (χ2v) is 6.95. The van der Waals surface area contributed by atoms with Crippen LogP contribution in [0.2, 0.25) is 0 Å². The first kappa shape index (κ1) is 25.0. The second kappa shape index (κ2) is 18.1. The number of carbonyl (C=O) groups excluding carboxylic acids is 1. The van der Waals surface area contributed by atoms with Crippen molar-refractivity contribution in [1.82, 2.24) is 5.32 Å². The number of nitrogens with two attached hydrogens (primary N) is 1. The van der Waals surface area contributed by atoms with Crippen molar-refractivity contribution >= 4 is 18.3 Å². The highest BCUT2D eigenvalue weighted by Gasteiger charge is 2.15. The normalized spacial score (nSPS) is 12.0. The van der Waals surface area contributed by atoms with E-state index in [-0.39, 0.29) is 30.3 Å². The van der Waals surface area contributed by atoms with Crippen LogP contribution in [0.4, 0.5) is 0 Å². The van der Waals surface area contributed by atoms with Gasteiger partial charge in [0.25, 0.3) is 0 Å². The average molecular weight is 349 g/mol. The average Bonchev–Trinajstić information content (AvgIpc) is 2.50. The van der Waals surface area contributed by atoms with E-state index in [1.807, 2.05) is 13.8 Å². The summed E-state index contributed by atoms with van der Waals surface area (Å²) in [6, 6.07) is -0.364. The van der Waals surface area contributed by atoms with Crippen LogP contribution in [0.25, 0.3) is 0 Å². The zero-order valence-corrected chi connectivity index (χ0v) is 16.6. The van der Waals surface area contributed by atoms with Crippen LogP contribution in [-0.4, -0.2) is 18.5 Å². The molecule has 0 bridgehead atoms. The molecule has 0 spiro atoms. The Bertz CT molecular complexity index is 260. The number of hydrogen-bond donors (Lipinski definition) is 2. The fraction of sp³-hybridized carbons (Fsp3) is 0.947. The van der Waals surface area contributed by atoms with Gasteiger partial charge in [0.1, 0.15) is 0 Å². The molecule has 0 aliphatic rings. The number of rotatable bonds is 15. The van der Waals surface area contributed by atoms with Crippen molar-refractivity contribution in [1.29, 1.82) is 0 Å². The lowest BCUT2D eigenvalue weighted by Crippen LogP contribution is -2.44. The van der Waals surface area contributed by atoms with Gasteiger partial charge in [-0.05, 0) is 12.3 Å². The number of unbranched alkanes of at least 4 members (excludes halogenated alkanes) is 11. The summed E-state index contributed by atoms with van der Waals surface area (Å²) >= 11 is 0. The number of nitrogens with one attached hydrogen (secondary N) is 1. The van der Waals surface area contributed by atoms with Crippen molar-refractivity contribution in [2.75, 3.05) is 6.54 Å². The maximum absolute atomic E-state index is 11.6. The molecule has 0 aromatic carbocycles. The summed E-state index contributed by atoms with van der Waals surface area (Å²) in [4.78, 5) is 11.6. The summed E-state index contributed by atoms with van der Waals surface area (Å²) in [5, 5.41) is 2.94. The number of amides is 1. The molecule has 0 heterocycles. The van der Waals surface area contributed by atoms with Gasteiger partial charge in [-0.1, -0.05) is 91.4 Å². The molecule has 0 aromatic rings. The first-order chi connectivity index (χ1) is 10.6. The summed E-state index contributed by atoms with van der Waals surface area (Å²) in [5.74, 6) is 0.208. The van der Waals surface area contributed by atoms with Crippen molar-refractivity contribution in [2.24, 2.45) is 11.7 Å². The SMILES string of the molecule is CCCCCCCCCCCCCCNC(=O)[C@@H](N)C(C)C.Cl. The predicted octanol–water partition coefficient (Wildman–Crippen LogP) is 5.21. The van der Waals surface area contributed by atoms with Crippen molar-refractivity contribution in [3.8, 4) is 0 Å². The van der Waals surface area contributed by atoms with E-state index >= 15 is 0 Å². The molecule has 0 aromatic heterocycles. The molecule has 0 aliphatic heterocycles. The van der Waals surface area contributed by atoms with E-state index in [9.17, 15) is 4.79 Å². The van der Waals surface area contributed by atoms with Gasteiger partial charge in [0.2, 0.25) is 5.91 Å². The van der Waals surface area contributed by atoms with E-state index in [2.05, 4.69) is 12.2 Å². The summed E-state index contributed by atoms with van der Waals surface area (Å²) in [6.07, 6.45) is 16.1. The van der Waals surface area contributed by atoms with E-state index in [1.54, 1.807) is 0 Å². The molecule has 4 heteroatoms. The summed E-state index contributed by atoms with van der Waals surface area (Å²) in [6.45, 7) is 7.00. The molecule has 3 nitrogen and oxygen atoms in total. The van der Waals surface area contributed by atoms with Gasteiger partial charge in [0, 0.05) is 6.54 Å². The van der Waals surface area contributed by atoms with Gasteiger partial charge in [-0.25, -0.2) is 0 Å². The van der Waals surface area contributed by atoms with E-state index in [0.717, 1.165) is 13.0 Å². The molecule has 0 radical (unpaired) electrons. The number of carbonyl (C=O) groups is 1. The minimum absolute atomic E-state index is 0. The summed E-state index contributed by atoms with van der Waals surface area (Å²) in [7, 11) is 0. The minimum atomic E-state index is -0.364. The zero-order chi connectivity index (χ0) is 16.6. The van der Waals surface area contributed by atoms with Crippen LogP contribution in [0.1, 0.15) is 97.8 Å². The van der Waals surface area contributed by atoms with Crippen LogP contribution in [0, 0.1) is 5.92 Å². The first-order valence-electron chi connectivity index (χ1n) is 9.62. The Morgan fingerprint density at radius 3 is 1.61 bits per heavy atom. The third-order valence-corrected chi connectivity index (χ3v) is 4.35. The Morgan fingerprint density at radius 2 is 1.22 bits per heavy atom. The van der Waals surface area contributed by atoms with Crippen LogP contribution in [-0.2, 0) is 4.79 Å². The Balaban J connectivity index is 0. The van der Waals surface area contributed by atoms with Crippen molar-refractivity contribution < 1.29 is 4.79 Å². The molecular weight excluding hydrogens is 308 g/mol. The van der Waals surface area contributed by atoms with Gasteiger partial charge in [0.05, 0.1) is 6.04 Å². The third-order valence-electron chi connectivity index (χ3n) is 4.35. The fourth-order valence-electron chi connectivity index (χ4n) is 2.60. The lowest BCUT2D eigenvalue weighted by Gasteiger charge is -2.15. The Kier molecular flexibility index (Phi) is 19.6. The molecule has 0 saturated carbocycles. The lowest BCUT2D eigenvalue weighted by molar-refractivity contribution is -0.123. The predicted molar refractivity (Wildman–Crippen MR) is 104 cm³/mol. The molecule has 0 aliphatic carbocycles. The van der Waals surface area contributed by atoms with Gasteiger partial charge in [-0.15, -0.1) is 12.4 Å². The summed E-state index contributed by atoms with van der Waals surface area (Å²) < 4.78 is 0. The van der Waals surface area contributed by atoms with Crippen LogP contribution < -0.4 is 11.1 Å². The van der Waals surface area contributed by atoms with Gasteiger partial charge in [-0.2, -0.15) is 0 Å². The highest BCUT2D eigenvalue weighted by Crippen LogP contribution is 2.11. The first-order valence-corrected chi connectivity index (χ1v) is 9.62. The Morgan fingerprint density at radius 1 is 0.826 bits per heavy atom. The van der Waals surface area contributed by atoms with Crippen LogP contribution in [0.3, 0.4) is 0 Å². The van der Waals surface area contributed by atoms with E-state index < -0.39 is 0 Å². The molecule has 23 heavy (non-hydrogen) atoms. The maximum atomic E-state index is 11.6. The smallest absolute Gasteiger partial charge is 0.237 e. The van der Waals surface area contributed by atoms with Gasteiger partial charge < -0.3 is 11.1 Å². The molecule has 140 valence electrons. The van der Waals surface area contributed by atoms with Gasteiger partial charge in [-0.3, -0.25) is 4.79 Å². The topological polar surface area (TPSA) is 55.1 Å². The van der Waals surface area contributed by atoms with Crippen molar-refractivity contribution in [3.63, 3.8) is 0 Å². The number of halogens is 1. The molecule has 1 atom stereocenters. The minimum Gasteiger partial charge on any atom is -0.355 e. The van der Waals surface area contributed by atoms with Crippen molar-refractivity contribution in [3.05, 3.63) is 0 Å². The maximum Gasteiger partial charge on any atom is 0.237 e. The molecule has 0 unspecified atom stereocenters. The lowest BCUT2D eigenvalue weighted by atomic mass is 10.0. The van der Waals surface area contributed by atoms with E-state index in [0.29, 0.717) is 0 Å². The van der Waals surface area contributed by atoms with E-state index in [4.69, 9.17) is 5.73 Å². The third kappa shape index (κ3) is 16.4. The second-order valence-electron chi connectivity index (χ2n) is 6.95. The zero-order valence-electron chi connectivity index (χ0n) is 15.7. The Labute approximate surface area is 151 Å². The monoisotopic (exact) mass is 348 g/mol. The molecule has 0 saturated heterocycles. The molecule has 1 amide bonds. The summed E-state index contributed by atoms with van der Waals surface area (Å²) in [5.41, 5.74) is 5.80. The fourth-order valence-corrected chi connectivity index (χ4v) is 2.60. The van der Waals surface area contributed by atoms with Crippen LogP contribution in [0.15, 0.2) is 0 Å². The number of hydrogen-bond acceptors (Lipinski definition) is 2. The Hall–Kier alpha value is -0.280. The highest BCUT2D eigenvalue weighted by atomic mass is 35.5. The standard InChI is InChI=1S/C19H40N2O.ClH/c1-4-5-6-7-8-9-10-11-12-13-14-15-16-21-19(22)18(20)17(2)3;/h17-18H,4-16,20H2,1-3H3,(H,21,22);1H/t18-;/m0./s1. The quantitative estimate of drug-likeness (QED) is 0.399. The molecule has 0 fully saturated rings. The van der Waals surface area contributed by atoms with E-state index in [1.165, 1.54) is 70.6 Å². The van der Waals surface area contributed by atoms with Crippen molar-refractivity contribution in [2.45, 2.75) is 104 Å². The highest BCUT2D eigenvalue weighted by molar-refractivity contribution is 5.85. The van der Waals surface area contributed by atoms with Gasteiger partial charge in [0.15, 0.2) is 0 Å². The van der Waals surface area contributed by atoms with Crippen LogP contribution >= 0.6 is 12.4 Å².